The molecule has 0 aliphatic rings. The van der Waals surface area contributed by atoms with Crippen LogP contribution in [0.4, 0.5) is 5.82 Å². The van der Waals surface area contributed by atoms with Gasteiger partial charge in [-0.2, -0.15) is 5.10 Å². The van der Waals surface area contributed by atoms with Crippen LogP contribution in [0.5, 0.6) is 5.75 Å². The van der Waals surface area contributed by atoms with Crippen LogP contribution in [0.25, 0.3) is 5.82 Å². The highest BCUT2D eigenvalue weighted by molar-refractivity contribution is 5.76. The lowest BCUT2D eigenvalue weighted by Gasteiger charge is -2.08. The van der Waals surface area contributed by atoms with Crippen LogP contribution < -0.4 is 15.4 Å². The molecule has 0 aliphatic carbocycles. The molecule has 3 aromatic rings. The zero-order valence-corrected chi connectivity index (χ0v) is 15.1. The molecule has 140 valence electrons. The zero-order chi connectivity index (χ0) is 18.9. The lowest BCUT2D eigenvalue weighted by Crippen LogP contribution is -2.29. The standard InChI is InChI=1S/C19H22N6O2/c1-27-16-6-3-15(4-7-16)5-10-19(26)21-13-12-20-17-8-9-18(24-23-17)25-14-2-11-22-25/h2-4,6-9,11,14H,5,10,12-13H2,1H3,(H,20,23)(H,21,26). The Morgan fingerprint density at radius 2 is 1.96 bits per heavy atom. The van der Waals surface area contributed by atoms with Gasteiger partial charge in [0.25, 0.3) is 0 Å². The van der Waals surface area contributed by atoms with Gasteiger partial charge in [-0.25, -0.2) is 4.68 Å². The maximum absolute atomic E-state index is 11.9. The van der Waals surface area contributed by atoms with Gasteiger partial charge in [0, 0.05) is 31.9 Å². The fourth-order valence-corrected chi connectivity index (χ4v) is 2.48. The van der Waals surface area contributed by atoms with Crippen molar-refractivity contribution in [3.05, 3.63) is 60.4 Å². The van der Waals surface area contributed by atoms with E-state index in [9.17, 15) is 4.79 Å². The average Bonchev–Trinajstić information content (AvgIpc) is 3.25. The molecule has 0 unspecified atom stereocenters. The van der Waals surface area contributed by atoms with Crippen LogP contribution in [-0.4, -0.2) is 46.1 Å². The molecule has 8 heteroatoms. The summed E-state index contributed by atoms with van der Waals surface area (Å²) in [5.74, 6) is 2.14. The summed E-state index contributed by atoms with van der Waals surface area (Å²) in [6, 6.07) is 13.2. The Bertz CT molecular complexity index is 832. The molecule has 0 spiro atoms. The first kappa shape index (κ1) is 18.4. The molecule has 0 saturated heterocycles. The number of hydrogen-bond acceptors (Lipinski definition) is 6. The van der Waals surface area contributed by atoms with Gasteiger partial charge >= 0.3 is 0 Å². The number of benzene rings is 1. The minimum Gasteiger partial charge on any atom is -0.497 e. The van der Waals surface area contributed by atoms with Crippen molar-refractivity contribution in [2.75, 3.05) is 25.5 Å². The van der Waals surface area contributed by atoms with Gasteiger partial charge in [0.2, 0.25) is 5.91 Å². The molecule has 0 fully saturated rings. The van der Waals surface area contributed by atoms with E-state index in [1.54, 1.807) is 24.2 Å². The van der Waals surface area contributed by atoms with Crippen molar-refractivity contribution in [1.82, 2.24) is 25.3 Å². The van der Waals surface area contributed by atoms with Gasteiger partial charge in [0.05, 0.1) is 7.11 Å². The van der Waals surface area contributed by atoms with Crippen LogP contribution in [0, 0.1) is 0 Å². The van der Waals surface area contributed by atoms with Crippen molar-refractivity contribution in [3.63, 3.8) is 0 Å². The fourth-order valence-electron chi connectivity index (χ4n) is 2.48. The first-order chi connectivity index (χ1) is 13.2. The molecular formula is C19H22N6O2. The van der Waals surface area contributed by atoms with E-state index < -0.39 is 0 Å². The van der Waals surface area contributed by atoms with Crippen LogP contribution in [0.3, 0.4) is 0 Å². The second kappa shape index (κ2) is 9.33. The van der Waals surface area contributed by atoms with Gasteiger partial charge in [0.15, 0.2) is 5.82 Å². The van der Waals surface area contributed by atoms with E-state index in [1.807, 2.05) is 42.5 Å². The van der Waals surface area contributed by atoms with Gasteiger partial charge in [0.1, 0.15) is 11.6 Å². The number of ether oxygens (including phenoxy) is 1. The van der Waals surface area contributed by atoms with Crippen molar-refractivity contribution in [1.29, 1.82) is 0 Å². The van der Waals surface area contributed by atoms with E-state index in [-0.39, 0.29) is 5.91 Å². The second-order valence-corrected chi connectivity index (χ2v) is 5.85. The summed E-state index contributed by atoms with van der Waals surface area (Å²) in [4.78, 5) is 11.9. The van der Waals surface area contributed by atoms with E-state index >= 15 is 0 Å². The lowest BCUT2D eigenvalue weighted by molar-refractivity contribution is -0.120. The van der Waals surface area contributed by atoms with Crippen molar-refractivity contribution in [3.8, 4) is 11.6 Å². The van der Waals surface area contributed by atoms with Crippen molar-refractivity contribution >= 4 is 11.7 Å². The first-order valence-electron chi connectivity index (χ1n) is 8.72. The van der Waals surface area contributed by atoms with E-state index in [1.165, 1.54) is 0 Å². The van der Waals surface area contributed by atoms with Crippen LogP contribution in [0.2, 0.25) is 0 Å². The van der Waals surface area contributed by atoms with E-state index in [4.69, 9.17) is 4.74 Å². The summed E-state index contributed by atoms with van der Waals surface area (Å²) in [5, 5.41) is 18.3. The number of nitrogens with one attached hydrogen (secondary N) is 2. The van der Waals surface area contributed by atoms with Gasteiger partial charge in [-0.3, -0.25) is 4.79 Å². The highest BCUT2D eigenvalue weighted by Crippen LogP contribution is 2.12. The molecular weight excluding hydrogens is 344 g/mol. The molecule has 0 aliphatic heterocycles. The Balaban J connectivity index is 1.34. The molecule has 1 amide bonds. The number of aromatic nitrogens is 4. The monoisotopic (exact) mass is 366 g/mol. The molecule has 1 aromatic carbocycles. The Labute approximate surface area is 157 Å². The Kier molecular flexibility index (Phi) is 6.35. The lowest BCUT2D eigenvalue weighted by atomic mass is 10.1. The number of carbonyl (C=O) groups excluding carboxylic acids is 1. The maximum Gasteiger partial charge on any atom is 0.220 e. The molecule has 27 heavy (non-hydrogen) atoms. The van der Waals surface area contributed by atoms with Crippen LogP contribution in [-0.2, 0) is 11.2 Å². The third-order valence-electron chi connectivity index (χ3n) is 3.94. The number of rotatable bonds is 9. The van der Waals surface area contributed by atoms with E-state index in [0.717, 1.165) is 11.3 Å². The topological polar surface area (TPSA) is 94.0 Å². The summed E-state index contributed by atoms with van der Waals surface area (Å²) in [6.45, 7) is 1.09. The molecule has 0 bridgehead atoms. The van der Waals surface area contributed by atoms with Crippen molar-refractivity contribution in [2.45, 2.75) is 12.8 Å². The van der Waals surface area contributed by atoms with Gasteiger partial charge in [-0.05, 0) is 42.3 Å². The van der Waals surface area contributed by atoms with Crippen LogP contribution >= 0.6 is 0 Å². The first-order valence-corrected chi connectivity index (χ1v) is 8.72. The Morgan fingerprint density at radius 3 is 2.63 bits per heavy atom. The highest BCUT2D eigenvalue weighted by atomic mass is 16.5. The number of carbonyl (C=O) groups is 1. The van der Waals surface area contributed by atoms with Crippen molar-refractivity contribution < 1.29 is 9.53 Å². The van der Waals surface area contributed by atoms with Gasteiger partial charge < -0.3 is 15.4 Å². The van der Waals surface area contributed by atoms with E-state index in [2.05, 4.69) is 25.9 Å². The maximum atomic E-state index is 11.9. The predicted molar refractivity (Wildman–Crippen MR) is 102 cm³/mol. The summed E-state index contributed by atoms with van der Waals surface area (Å²) in [7, 11) is 1.63. The smallest absolute Gasteiger partial charge is 0.220 e. The summed E-state index contributed by atoms with van der Waals surface area (Å²) in [5.41, 5.74) is 1.11. The molecule has 0 atom stereocenters. The summed E-state index contributed by atoms with van der Waals surface area (Å²) in [6.07, 6.45) is 4.64. The number of hydrogen-bond donors (Lipinski definition) is 2. The molecule has 2 N–H and O–H groups in total. The normalized spacial score (nSPS) is 10.4. The molecule has 0 radical (unpaired) electrons. The van der Waals surface area contributed by atoms with Crippen molar-refractivity contribution in [2.24, 2.45) is 0 Å². The molecule has 3 rings (SSSR count). The molecule has 2 heterocycles. The zero-order valence-electron chi connectivity index (χ0n) is 15.1. The quantitative estimate of drug-likeness (QED) is 0.561. The Morgan fingerprint density at radius 1 is 1.11 bits per heavy atom. The van der Waals surface area contributed by atoms with Crippen LogP contribution in [0.15, 0.2) is 54.9 Å². The SMILES string of the molecule is COc1ccc(CCC(=O)NCCNc2ccc(-n3cccn3)nn2)cc1. The second-order valence-electron chi connectivity index (χ2n) is 5.85. The fraction of sp³-hybridized carbons (Fsp3) is 0.263. The van der Waals surface area contributed by atoms with Gasteiger partial charge in [-0.1, -0.05) is 12.1 Å². The van der Waals surface area contributed by atoms with Gasteiger partial charge in [-0.15, -0.1) is 10.2 Å². The minimum atomic E-state index is 0.0210. The number of anilines is 1. The number of methoxy groups -OCH3 is 1. The highest BCUT2D eigenvalue weighted by Gasteiger charge is 2.03. The average molecular weight is 366 g/mol. The third kappa shape index (κ3) is 5.53. The molecule has 2 aromatic heterocycles. The Hall–Kier alpha value is -3.42. The number of amides is 1. The number of nitrogens with zero attached hydrogens (tertiary/aromatic N) is 4. The van der Waals surface area contributed by atoms with E-state index in [0.29, 0.717) is 37.6 Å². The minimum absolute atomic E-state index is 0.0210. The summed E-state index contributed by atoms with van der Waals surface area (Å²) < 4.78 is 6.76. The van der Waals surface area contributed by atoms with Crippen LogP contribution in [0.1, 0.15) is 12.0 Å². The summed E-state index contributed by atoms with van der Waals surface area (Å²) >= 11 is 0. The third-order valence-corrected chi connectivity index (χ3v) is 3.94. The number of aryl methyl sites for hydroxylation is 1. The predicted octanol–water partition coefficient (Wildman–Crippen LogP) is 1.83. The largest absolute Gasteiger partial charge is 0.497 e. The molecule has 8 nitrogen and oxygen atoms in total. The molecule has 0 saturated carbocycles.